The summed E-state index contributed by atoms with van der Waals surface area (Å²) in [6.07, 6.45) is 3.32. The largest absolute Gasteiger partial charge is 0.478 e. The van der Waals surface area contributed by atoms with Crippen LogP contribution in [0.2, 0.25) is 0 Å². The molecule has 0 saturated heterocycles. The third-order valence-corrected chi connectivity index (χ3v) is 10.9. The lowest BCUT2D eigenvalue weighted by atomic mass is 9.84. The maximum absolute atomic E-state index is 11.5. The Bertz CT molecular complexity index is 1950. The minimum absolute atomic E-state index is 0.0453. The van der Waals surface area contributed by atoms with E-state index in [-0.39, 0.29) is 11.0 Å². The number of carbonyl (C=O) groups is 1. The van der Waals surface area contributed by atoms with E-state index in [4.69, 9.17) is 4.98 Å². The van der Waals surface area contributed by atoms with Crippen molar-refractivity contribution in [3.63, 3.8) is 0 Å². The maximum Gasteiger partial charge on any atom is 0.335 e. The molecule has 1 N–H and O–H groups in total. The first-order chi connectivity index (χ1) is 19.3. The fourth-order valence-electron chi connectivity index (χ4n) is 5.25. The average molecular weight is 578 g/mol. The van der Waals surface area contributed by atoms with Gasteiger partial charge < -0.3 is 5.11 Å². The molecule has 7 rings (SSSR count). The summed E-state index contributed by atoms with van der Waals surface area (Å²) in [5.74, 6) is -0.992. The van der Waals surface area contributed by atoms with Gasteiger partial charge in [0.15, 0.2) is 0 Å². The van der Waals surface area contributed by atoms with Gasteiger partial charge >= 0.3 is 5.97 Å². The number of carboxylic acids is 1. The van der Waals surface area contributed by atoms with Crippen LogP contribution in [0.1, 0.15) is 40.9 Å². The van der Waals surface area contributed by atoms with E-state index in [0.29, 0.717) is 11.4 Å². The highest BCUT2D eigenvalue weighted by molar-refractivity contribution is 7.27. The van der Waals surface area contributed by atoms with Crippen LogP contribution in [0.15, 0.2) is 78.4 Å². The second kappa shape index (κ2) is 9.30. The number of aromatic carboxylic acids is 1. The molecule has 8 heteroatoms. The lowest BCUT2D eigenvalue weighted by Gasteiger charge is -2.18. The molecule has 0 atom stereocenters. The first kappa shape index (κ1) is 25.0. The highest BCUT2D eigenvalue weighted by atomic mass is 32.1. The smallest absolute Gasteiger partial charge is 0.335 e. The van der Waals surface area contributed by atoms with Crippen molar-refractivity contribution in [2.45, 2.75) is 26.2 Å². The molecule has 0 bridgehead atoms. The lowest BCUT2D eigenvalue weighted by molar-refractivity contribution is 0.0697. The topological polar surface area (TPSA) is 76.0 Å². The summed E-state index contributed by atoms with van der Waals surface area (Å²) in [4.78, 5) is 31.8. The third-order valence-electron chi connectivity index (χ3n) is 7.34. The van der Waals surface area contributed by atoms with E-state index in [1.165, 1.54) is 47.8 Å². The zero-order chi connectivity index (χ0) is 27.6. The molecule has 0 radical (unpaired) electrons. The molecule has 0 fully saturated rings. The van der Waals surface area contributed by atoms with Crippen molar-refractivity contribution < 1.29 is 9.90 Å². The Morgan fingerprint density at radius 2 is 1.48 bits per heavy atom. The van der Waals surface area contributed by atoms with Crippen LogP contribution < -0.4 is 0 Å². The predicted octanol–water partition coefficient (Wildman–Crippen LogP) is 9.04. The van der Waals surface area contributed by atoms with Gasteiger partial charge in [-0.05, 0) is 95.2 Å². The molecule has 1 aliphatic carbocycles. The predicted molar refractivity (Wildman–Crippen MR) is 164 cm³/mol. The molecule has 0 aliphatic heterocycles. The lowest BCUT2D eigenvalue weighted by Crippen LogP contribution is -2.13. The molecule has 6 aromatic heterocycles. The molecule has 0 spiro atoms. The Kier molecular flexibility index (Phi) is 5.82. The Morgan fingerprint density at radius 1 is 0.750 bits per heavy atom. The Balaban J connectivity index is 1.22. The molecule has 5 nitrogen and oxygen atoms in total. The first-order valence-corrected chi connectivity index (χ1v) is 15.3. The van der Waals surface area contributed by atoms with Gasteiger partial charge in [-0.3, -0.25) is 9.97 Å². The molecule has 0 aromatic carbocycles. The average Bonchev–Trinajstić information content (AvgIpc) is 3.74. The van der Waals surface area contributed by atoms with Crippen LogP contribution in [0.4, 0.5) is 0 Å². The number of hydrogen-bond acceptors (Lipinski definition) is 7. The molecule has 0 saturated carbocycles. The maximum atomic E-state index is 11.5. The molecule has 0 amide bonds. The monoisotopic (exact) mass is 577 g/mol. The van der Waals surface area contributed by atoms with E-state index in [2.05, 4.69) is 59.5 Å². The fourth-order valence-corrected chi connectivity index (χ4v) is 8.88. The summed E-state index contributed by atoms with van der Waals surface area (Å²) in [6.45, 7) is 6.63. The number of carboxylic acid groups (broad SMARTS) is 1. The van der Waals surface area contributed by atoms with Gasteiger partial charge in [0.25, 0.3) is 0 Å². The fraction of sp³-hybridized carbons (Fsp3) is 0.125. The van der Waals surface area contributed by atoms with Crippen LogP contribution in [-0.2, 0) is 5.41 Å². The van der Waals surface area contributed by atoms with Gasteiger partial charge in [-0.15, -0.1) is 34.0 Å². The summed E-state index contributed by atoms with van der Waals surface area (Å²) in [5.41, 5.74) is 7.80. The summed E-state index contributed by atoms with van der Waals surface area (Å²) in [5, 5.41) is 11.6. The minimum atomic E-state index is -0.992. The summed E-state index contributed by atoms with van der Waals surface area (Å²) >= 11 is 5.52. The number of nitrogens with zero attached hydrogens (tertiary/aromatic N) is 3. The second-order valence-electron chi connectivity index (χ2n) is 10.4. The van der Waals surface area contributed by atoms with E-state index in [0.717, 1.165) is 22.5 Å². The Labute approximate surface area is 243 Å². The van der Waals surface area contributed by atoms with E-state index in [9.17, 15) is 9.90 Å². The van der Waals surface area contributed by atoms with Gasteiger partial charge in [0.2, 0.25) is 0 Å². The van der Waals surface area contributed by atoms with Crippen molar-refractivity contribution in [3.8, 4) is 52.7 Å². The third kappa shape index (κ3) is 4.11. The molecular weight excluding hydrogens is 555 g/mol. The highest BCUT2D eigenvalue weighted by Gasteiger charge is 2.38. The zero-order valence-electron chi connectivity index (χ0n) is 21.9. The number of pyridine rings is 3. The zero-order valence-corrected chi connectivity index (χ0v) is 24.4. The molecule has 196 valence electrons. The van der Waals surface area contributed by atoms with Gasteiger partial charge in [-0.1, -0.05) is 13.8 Å². The summed E-state index contributed by atoms with van der Waals surface area (Å²) in [7, 11) is 0. The normalized spacial score (nSPS) is 13.3. The quantitative estimate of drug-likeness (QED) is 0.221. The molecule has 6 aromatic rings. The second-order valence-corrected chi connectivity index (χ2v) is 13.4. The number of hydrogen-bond donors (Lipinski definition) is 1. The molecule has 40 heavy (non-hydrogen) atoms. The number of thiophene rings is 3. The van der Waals surface area contributed by atoms with Crippen LogP contribution in [-0.4, -0.2) is 26.0 Å². The van der Waals surface area contributed by atoms with Gasteiger partial charge in [0, 0.05) is 42.2 Å². The van der Waals surface area contributed by atoms with Crippen molar-refractivity contribution in [1.29, 1.82) is 0 Å². The molecular formula is C32H23N3O2S3. The molecule has 6 heterocycles. The Hall–Kier alpha value is -3.98. The van der Waals surface area contributed by atoms with Crippen LogP contribution in [0.5, 0.6) is 0 Å². The van der Waals surface area contributed by atoms with Crippen LogP contribution >= 0.6 is 34.0 Å². The standard InChI is InChI=1S/C32H23N3O2S3/c1-17-12-24(35-25(13-17)23-15-19(31(36)37)7-10-34-23)22-14-18(6-9-33-22)26-4-5-27(39-26)28-16-21-30(40-28)29-20(8-11-38-29)32(21,2)3/h4-16H,1-3H3,(H,36,37). The van der Waals surface area contributed by atoms with Gasteiger partial charge in [-0.25, -0.2) is 9.78 Å². The Morgan fingerprint density at radius 3 is 2.25 bits per heavy atom. The first-order valence-electron chi connectivity index (χ1n) is 12.8. The molecule has 0 unspecified atom stereocenters. The van der Waals surface area contributed by atoms with E-state index in [1.807, 2.05) is 54.0 Å². The summed E-state index contributed by atoms with van der Waals surface area (Å²) < 4.78 is 0. The SMILES string of the molecule is Cc1cc(-c2cc(C(=O)O)ccn2)nc(-c2cc(-c3ccc(-c4cc5c(s4)-c4sccc4C5(C)C)s3)ccn2)c1. The number of fused-ring (bicyclic) bond motifs is 3. The number of rotatable bonds is 5. The number of aromatic nitrogens is 3. The van der Waals surface area contributed by atoms with Crippen molar-refractivity contribution in [3.05, 3.63) is 101 Å². The van der Waals surface area contributed by atoms with E-state index < -0.39 is 5.97 Å². The highest BCUT2D eigenvalue weighted by Crippen LogP contribution is 2.56. The van der Waals surface area contributed by atoms with Gasteiger partial charge in [0.1, 0.15) is 0 Å². The summed E-state index contributed by atoms with van der Waals surface area (Å²) in [6, 6.07) is 20.1. The van der Waals surface area contributed by atoms with Crippen LogP contribution in [0, 0.1) is 6.92 Å². The van der Waals surface area contributed by atoms with E-state index >= 15 is 0 Å². The van der Waals surface area contributed by atoms with Gasteiger partial charge in [0.05, 0.1) is 28.3 Å². The van der Waals surface area contributed by atoms with Crippen molar-refractivity contribution in [2.24, 2.45) is 0 Å². The van der Waals surface area contributed by atoms with Crippen molar-refractivity contribution in [1.82, 2.24) is 15.0 Å². The number of aryl methyl sites for hydroxylation is 1. The van der Waals surface area contributed by atoms with Gasteiger partial charge in [-0.2, -0.15) is 0 Å². The van der Waals surface area contributed by atoms with Crippen molar-refractivity contribution in [2.75, 3.05) is 0 Å². The van der Waals surface area contributed by atoms with Crippen LogP contribution in [0.3, 0.4) is 0 Å². The van der Waals surface area contributed by atoms with Crippen molar-refractivity contribution >= 4 is 40.0 Å². The van der Waals surface area contributed by atoms with Crippen LogP contribution in [0.25, 0.3) is 52.7 Å². The minimum Gasteiger partial charge on any atom is -0.478 e. The molecule has 1 aliphatic rings. The van der Waals surface area contributed by atoms with E-state index in [1.54, 1.807) is 17.4 Å².